The molecule has 0 saturated carbocycles. The van der Waals surface area contributed by atoms with Gasteiger partial charge in [0.15, 0.2) is 0 Å². The standard InChI is InChI=1S/C9H12Cl2OSi/c1-13(2,3)12-9-5-7(10)4-8(11)6-9/h4-6H,1-3H3. The monoisotopic (exact) mass is 234 g/mol. The van der Waals surface area contributed by atoms with E-state index in [1.54, 1.807) is 18.2 Å². The quantitative estimate of drug-likeness (QED) is 0.698. The third kappa shape index (κ3) is 4.03. The zero-order chi connectivity index (χ0) is 10.1. The van der Waals surface area contributed by atoms with Crippen molar-refractivity contribution in [3.63, 3.8) is 0 Å². The van der Waals surface area contributed by atoms with Crippen LogP contribution in [0.3, 0.4) is 0 Å². The molecule has 0 N–H and O–H groups in total. The second kappa shape index (κ2) is 3.90. The van der Waals surface area contributed by atoms with E-state index in [0.29, 0.717) is 10.0 Å². The molecule has 0 unspecified atom stereocenters. The first kappa shape index (κ1) is 10.9. The third-order valence-corrected chi connectivity index (χ3v) is 2.54. The van der Waals surface area contributed by atoms with Gasteiger partial charge in [-0.3, -0.25) is 0 Å². The van der Waals surface area contributed by atoms with Crippen LogP contribution in [0.2, 0.25) is 29.7 Å². The summed E-state index contributed by atoms with van der Waals surface area (Å²) in [4.78, 5) is 0. The number of halogens is 2. The van der Waals surface area contributed by atoms with Crippen molar-refractivity contribution in [3.8, 4) is 5.75 Å². The highest BCUT2D eigenvalue weighted by Gasteiger charge is 2.16. The van der Waals surface area contributed by atoms with E-state index in [-0.39, 0.29) is 0 Å². The molecule has 0 saturated heterocycles. The van der Waals surface area contributed by atoms with Crippen LogP contribution < -0.4 is 4.43 Å². The van der Waals surface area contributed by atoms with E-state index in [0.717, 1.165) is 5.75 Å². The molecule has 0 fully saturated rings. The summed E-state index contributed by atoms with van der Waals surface area (Å²) >= 11 is 11.7. The molecular formula is C9H12Cl2OSi. The molecule has 0 aromatic heterocycles. The lowest BCUT2D eigenvalue weighted by atomic mass is 10.3. The van der Waals surface area contributed by atoms with Gasteiger partial charge in [0.25, 0.3) is 0 Å². The van der Waals surface area contributed by atoms with Crippen LogP contribution in [-0.2, 0) is 0 Å². The van der Waals surface area contributed by atoms with Crippen molar-refractivity contribution in [2.24, 2.45) is 0 Å². The van der Waals surface area contributed by atoms with Crippen molar-refractivity contribution in [1.29, 1.82) is 0 Å². The molecule has 0 amide bonds. The summed E-state index contributed by atoms with van der Waals surface area (Å²) in [6.07, 6.45) is 0. The number of hydrogen-bond donors (Lipinski definition) is 0. The lowest BCUT2D eigenvalue weighted by Gasteiger charge is -2.19. The van der Waals surface area contributed by atoms with Gasteiger partial charge in [0.05, 0.1) is 0 Å². The Hall–Kier alpha value is -0.183. The van der Waals surface area contributed by atoms with Gasteiger partial charge in [-0.1, -0.05) is 23.2 Å². The predicted octanol–water partition coefficient (Wildman–Crippen LogP) is 4.21. The minimum Gasteiger partial charge on any atom is -0.544 e. The first-order valence-corrected chi connectivity index (χ1v) is 8.18. The van der Waals surface area contributed by atoms with Gasteiger partial charge in [0.2, 0.25) is 8.32 Å². The number of benzene rings is 1. The van der Waals surface area contributed by atoms with Gasteiger partial charge in [0.1, 0.15) is 5.75 Å². The smallest absolute Gasteiger partial charge is 0.242 e. The third-order valence-electron chi connectivity index (χ3n) is 1.26. The van der Waals surface area contributed by atoms with Crippen LogP contribution in [0, 0.1) is 0 Å². The second-order valence-corrected chi connectivity index (χ2v) is 9.12. The Morgan fingerprint density at radius 3 is 1.85 bits per heavy atom. The molecule has 1 aromatic rings. The molecule has 1 aromatic carbocycles. The van der Waals surface area contributed by atoms with Gasteiger partial charge in [-0.05, 0) is 37.8 Å². The van der Waals surface area contributed by atoms with Gasteiger partial charge < -0.3 is 4.43 Å². The van der Waals surface area contributed by atoms with Gasteiger partial charge in [-0.25, -0.2) is 0 Å². The Bertz CT molecular complexity index is 287. The summed E-state index contributed by atoms with van der Waals surface area (Å²) in [6.45, 7) is 6.34. The van der Waals surface area contributed by atoms with Crippen molar-refractivity contribution in [2.75, 3.05) is 0 Å². The fourth-order valence-corrected chi connectivity index (χ4v) is 2.27. The van der Waals surface area contributed by atoms with Crippen molar-refractivity contribution in [1.82, 2.24) is 0 Å². The Morgan fingerprint density at radius 2 is 1.46 bits per heavy atom. The molecule has 0 aliphatic heterocycles. The average molecular weight is 235 g/mol. The van der Waals surface area contributed by atoms with Crippen LogP contribution in [0.5, 0.6) is 5.75 Å². The summed E-state index contributed by atoms with van der Waals surface area (Å²) < 4.78 is 5.73. The molecule has 0 bridgehead atoms. The second-order valence-electron chi connectivity index (χ2n) is 3.82. The topological polar surface area (TPSA) is 9.23 Å². The molecule has 0 aliphatic rings. The van der Waals surface area contributed by atoms with E-state index in [1.165, 1.54) is 0 Å². The summed E-state index contributed by atoms with van der Waals surface area (Å²) in [5.41, 5.74) is 0. The van der Waals surface area contributed by atoms with Gasteiger partial charge in [-0.2, -0.15) is 0 Å². The SMILES string of the molecule is C[Si](C)(C)Oc1cc(Cl)cc(Cl)c1. The van der Waals surface area contributed by atoms with Crippen LogP contribution in [-0.4, -0.2) is 8.32 Å². The molecule has 0 radical (unpaired) electrons. The predicted molar refractivity (Wildman–Crippen MR) is 60.4 cm³/mol. The van der Waals surface area contributed by atoms with Crippen molar-refractivity contribution in [3.05, 3.63) is 28.2 Å². The number of rotatable bonds is 2. The molecule has 0 spiro atoms. The van der Waals surface area contributed by atoms with Crippen molar-refractivity contribution < 1.29 is 4.43 Å². The largest absolute Gasteiger partial charge is 0.544 e. The minimum atomic E-state index is -1.56. The van der Waals surface area contributed by atoms with Gasteiger partial charge >= 0.3 is 0 Å². The molecule has 0 heterocycles. The molecule has 0 aliphatic carbocycles. The van der Waals surface area contributed by atoms with Crippen LogP contribution in [0.1, 0.15) is 0 Å². The first-order chi connectivity index (χ1) is 5.87. The molecule has 0 atom stereocenters. The van der Waals surface area contributed by atoms with E-state index in [1.807, 2.05) is 0 Å². The highest BCUT2D eigenvalue weighted by atomic mass is 35.5. The summed E-state index contributed by atoms with van der Waals surface area (Å²) in [5.74, 6) is 0.761. The molecule has 1 nitrogen and oxygen atoms in total. The van der Waals surface area contributed by atoms with Crippen LogP contribution >= 0.6 is 23.2 Å². The Labute approximate surface area is 89.8 Å². The highest BCUT2D eigenvalue weighted by Crippen LogP contribution is 2.25. The van der Waals surface area contributed by atoms with Crippen molar-refractivity contribution in [2.45, 2.75) is 19.6 Å². The fraction of sp³-hybridized carbons (Fsp3) is 0.333. The molecule has 4 heteroatoms. The number of hydrogen-bond acceptors (Lipinski definition) is 1. The van der Waals surface area contributed by atoms with E-state index < -0.39 is 8.32 Å². The maximum absolute atomic E-state index is 5.83. The van der Waals surface area contributed by atoms with E-state index in [2.05, 4.69) is 19.6 Å². The normalized spacial score (nSPS) is 11.5. The van der Waals surface area contributed by atoms with Crippen LogP contribution in [0.25, 0.3) is 0 Å². The van der Waals surface area contributed by atoms with Gasteiger partial charge in [0, 0.05) is 10.0 Å². The Balaban J connectivity index is 2.90. The lowest BCUT2D eigenvalue weighted by Crippen LogP contribution is -2.29. The van der Waals surface area contributed by atoms with E-state index in [9.17, 15) is 0 Å². The molecular weight excluding hydrogens is 223 g/mol. The summed E-state index contributed by atoms with van der Waals surface area (Å²) in [7, 11) is -1.56. The fourth-order valence-electron chi connectivity index (χ4n) is 0.941. The summed E-state index contributed by atoms with van der Waals surface area (Å²) in [5, 5.41) is 1.22. The highest BCUT2D eigenvalue weighted by molar-refractivity contribution is 6.70. The summed E-state index contributed by atoms with van der Waals surface area (Å²) in [6, 6.07) is 5.26. The van der Waals surface area contributed by atoms with Crippen LogP contribution in [0.4, 0.5) is 0 Å². The Kier molecular flexibility index (Phi) is 3.27. The zero-order valence-electron chi connectivity index (χ0n) is 7.90. The lowest BCUT2D eigenvalue weighted by molar-refractivity contribution is 0.558. The maximum atomic E-state index is 5.83. The first-order valence-electron chi connectivity index (χ1n) is 4.02. The Morgan fingerprint density at radius 1 is 1.00 bits per heavy atom. The maximum Gasteiger partial charge on any atom is 0.242 e. The van der Waals surface area contributed by atoms with Crippen molar-refractivity contribution >= 4 is 31.5 Å². The van der Waals surface area contributed by atoms with Crippen LogP contribution in [0.15, 0.2) is 18.2 Å². The van der Waals surface area contributed by atoms with Gasteiger partial charge in [-0.15, -0.1) is 0 Å². The van der Waals surface area contributed by atoms with E-state index in [4.69, 9.17) is 27.6 Å². The molecule has 1 rings (SSSR count). The average Bonchev–Trinajstić information content (AvgIpc) is 1.78. The van der Waals surface area contributed by atoms with E-state index >= 15 is 0 Å². The molecule has 72 valence electrons. The molecule has 13 heavy (non-hydrogen) atoms. The minimum absolute atomic E-state index is 0.612. The zero-order valence-corrected chi connectivity index (χ0v) is 10.4.